The molecular weight excluding hydrogens is 264 g/mol. The molecule has 0 unspecified atom stereocenters. The summed E-state index contributed by atoms with van der Waals surface area (Å²) >= 11 is 6.09. The largest absolute Gasteiger partial charge is 0.376 e. The van der Waals surface area contributed by atoms with Crippen LogP contribution in [0.2, 0.25) is 5.02 Å². The normalized spacial score (nSPS) is 22.6. The van der Waals surface area contributed by atoms with Crippen LogP contribution in [0.4, 0.5) is 0 Å². The van der Waals surface area contributed by atoms with E-state index in [1.807, 2.05) is 19.9 Å². The summed E-state index contributed by atoms with van der Waals surface area (Å²) in [6, 6.07) is 1.90. The van der Waals surface area contributed by atoms with Crippen molar-refractivity contribution in [1.29, 1.82) is 0 Å². The maximum absolute atomic E-state index is 12.6. The molecule has 3 heterocycles. The number of carbonyl (C=O) groups is 1. The highest BCUT2D eigenvalue weighted by Gasteiger charge is 2.55. The maximum Gasteiger partial charge on any atom is 0.231 e. The van der Waals surface area contributed by atoms with Crippen LogP contribution in [0.5, 0.6) is 0 Å². The monoisotopic (exact) mass is 280 g/mol. The topological polar surface area (TPSA) is 51.2 Å². The highest BCUT2D eigenvalue weighted by atomic mass is 35.5. The van der Waals surface area contributed by atoms with Gasteiger partial charge in [-0.2, -0.15) is 0 Å². The maximum atomic E-state index is 12.6. The number of hydrogen-bond donors (Lipinski definition) is 1. The molecule has 1 spiro atoms. The summed E-state index contributed by atoms with van der Waals surface area (Å²) < 4.78 is 5.30. The quantitative estimate of drug-likeness (QED) is 0.903. The summed E-state index contributed by atoms with van der Waals surface area (Å²) in [5.74, 6) is 0.0670. The van der Waals surface area contributed by atoms with Gasteiger partial charge < -0.3 is 10.1 Å². The average Bonchev–Trinajstić information content (AvgIpc) is 2.36. The Morgan fingerprint density at radius 3 is 2.63 bits per heavy atom. The summed E-state index contributed by atoms with van der Waals surface area (Å²) in [6.07, 6.45) is 3.12. The first kappa shape index (κ1) is 12.9. The fourth-order valence-electron chi connectivity index (χ4n) is 3.17. The third-order valence-electron chi connectivity index (χ3n) is 4.51. The van der Waals surface area contributed by atoms with Gasteiger partial charge in [-0.25, -0.2) is 0 Å². The van der Waals surface area contributed by atoms with Crippen molar-refractivity contribution in [3.63, 3.8) is 0 Å². The molecule has 2 aliphatic heterocycles. The SMILES string of the molecule is CCC1(CC)C(=O)NC2(COC2)c2ncc(Cl)cc21. The molecule has 4 nitrogen and oxygen atoms in total. The first-order valence-electron chi connectivity index (χ1n) is 6.65. The molecule has 5 heteroatoms. The van der Waals surface area contributed by atoms with Crippen molar-refractivity contribution >= 4 is 17.5 Å². The zero-order chi connectivity index (χ0) is 13.7. The molecular formula is C14H17ClN2O2. The van der Waals surface area contributed by atoms with Crippen molar-refractivity contribution in [2.45, 2.75) is 37.6 Å². The highest BCUT2D eigenvalue weighted by Crippen LogP contribution is 2.45. The number of nitrogens with one attached hydrogen (secondary N) is 1. The second-order valence-corrected chi connectivity index (χ2v) is 5.80. The van der Waals surface area contributed by atoms with E-state index >= 15 is 0 Å². The zero-order valence-electron chi connectivity index (χ0n) is 11.1. The number of fused-ring (bicyclic) bond motifs is 2. The molecule has 1 amide bonds. The van der Waals surface area contributed by atoms with Gasteiger partial charge in [0.25, 0.3) is 0 Å². The Hall–Kier alpha value is -1.13. The van der Waals surface area contributed by atoms with E-state index in [1.54, 1.807) is 6.20 Å². The number of aromatic nitrogens is 1. The Balaban J connectivity index is 2.24. The Morgan fingerprint density at radius 2 is 2.11 bits per heavy atom. The fraction of sp³-hybridized carbons (Fsp3) is 0.571. The van der Waals surface area contributed by atoms with E-state index in [9.17, 15) is 4.79 Å². The molecule has 1 fully saturated rings. The van der Waals surface area contributed by atoms with Crippen molar-refractivity contribution in [3.8, 4) is 0 Å². The van der Waals surface area contributed by atoms with Crippen molar-refractivity contribution in [3.05, 3.63) is 28.5 Å². The van der Waals surface area contributed by atoms with Gasteiger partial charge in [0, 0.05) is 6.20 Å². The summed E-state index contributed by atoms with van der Waals surface area (Å²) in [5, 5.41) is 3.71. The van der Waals surface area contributed by atoms with Gasteiger partial charge in [0.1, 0.15) is 5.54 Å². The number of amides is 1. The Bertz CT molecular complexity index is 536. The van der Waals surface area contributed by atoms with E-state index in [0.29, 0.717) is 18.2 Å². The molecule has 0 atom stereocenters. The molecule has 2 aliphatic rings. The first-order valence-corrected chi connectivity index (χ1v) is 7.02. The first-order chi connectivity index (χ1) is 9.08. The minimum atomic E-state index is -0.520. The van der Waals surface area contributed by atoms with Gasteiger partial charge in [-0.05, 0) is 24.5 Å². The lowest BCUT2D eigenvalue weighted by Crippen LogP contribution is -2.67. The zero-order valence-corrected chi connectivity index (χ0v) is 11.9. The Labute approximate surface area is 117 Å². The lowest BCUT2D eigenvalue weighted by atomic mass is 9.67. The second-order valence-electron chi connectivity index (χ2n) is 5.37. The van der Waals surface area contributed by atoms with Crippen LogP contribution in [0.1, 0.15) is 37.9 Å². The number of ether oxygens (including phenoxy) is 1. The number of pyridine rings is 1. The minimum Gasteiger partial charge on any atom is -0.376 e. The summed E-state index contributed by atoms with van der Waals surface area (Å²) in [7, 11) is 0. The summed E-state index contributed by atoms with van der Waals surface area (Å²) in [6.45, 7) is 5.04. The van der Waals surface area contributed by atoms with Crippen molar-refractivity contribution in [1.82, 2.24) is 10.3 Å². The molecule has 1 aromatic heterocycles. The molecule has 0 aliphatic carbocycles. The highest BCUT2D eigenvalue weighted by molar-refractivity contribution is 6.30. The summed E-state index contributed by atoms with van der Waals surface area (Å²) in [5.41, 5.74) is 0.933. The lowest BCUT2D eigenvalue weighted by Gasteiger charge is -2.50. The fourth-order valence-corrected chi connectivity index (χ4v) is 3.33. The van der Waals surface area contributed by atoms with Crippen LogP contribution in [0.3, 0.4) is 0 Å². The standard InChI is InChI=1S/C14H17ClN2O2/c1-3-13(4-2)10-5-9(15)6-16-11(10)14(7-19-8-14)17-12(13)18/h5-6H,3-4,7-8H2,1-2H3,(H,17,18). The van der Waals surface area contributed by atoms with E-state index in [1.165, 1.54) is 0 Å². The van der Waals surface area contributed by atoms with Crippen LogP contribution < -0.4 is 5.32 Å². The van der Waals surface area contributed by atoms with Crippen LogP contribution in [0.25, 0.3) is 0 Å². The van der Waals surface area contributed by atoms with Gasteiger partial charge in [0.15, 0.2) is 0 Å². The van der Waals surface area contributed by atoms with Crippen molar-refractivity contribution in [2.24, 2.45) is 0 Å². The van der Waals surface area contributed by atoms with E-state index < -0.39 is 11.0 Å². The molecule has 0 aromatic carbocycles. The van der Waals surface area contributed by atoms with Crippen LogP contribution in [0.15, 0.2) is 12.3 Å². The number of rotatable bonds is 2. The van der Waals surface area contributed by atoms with Gasteiger partial charge in [-0.15, -0.1) is 0 Å². The van der Waals surface area contributed by atoms with E-state index in [4.69, 9.17) is 16.3 Å². The van der Waals surface area contributed by atoms with E-state index in [2.05, 4.69) is 10.3 Å². The Kier molecular flexibility index (Phi) is 2.84. The molecule has 19 heavy (non-hydrogen) atoms. The third kappa shape index (κ3) is 1.56. The molecule has 1 N–H and O–H groups in total. The lowest BCUT2D eigenvalue weighted by molar-refractivity contribution is -0.143. The van der Waals surface area contributed by atoms with Crippen LogP contribution in [0, 0.1) is 0 Å². The Morgan fingerprint density at radius 1 is 1.42 bits per heavy atom. The van der Waals surface area contributed by atoms with E-state index in [0.717, 1.165) is 24.1 Å². The van der Waals surface area contributed by atoms with Crippen molar-refractivity contribution in [2.75, 3.05) is 13.2 Å². The molecule has 0 saturated carbocycles. The van der Waals surface area contributed by atoms with Gasteiger partial charge in [0.2, 0.25) is 5.91 Å². The number of halogens is 1. The average molecular weight is 281 g/mol. The smallest absolute Gasteiger partial charge is 0.231 e. The number of hydrogen-bond acceptors (Lipinski definition) is 3. The molecule has 0 bridgehead atoms. The van der Waals surface area contributed by atoms with Crippen LogP contribution >= 0.6 is 11.6 Å². The molecule has 3 rings (SSSR count). The number of carbonyl (C=O) groups excluding carboxylic acids is 1. The second kappa shape index (κ2) is 4.18. The molecule has 1 aromatic rings. The number of nitrogens with zero attached hydrogens (tertiary/aromatic N) is 1. The van der Waals surface area contributed by atoms with Gasteiger partial charge >= 0.3 is 0 Å². The molecule has 102 valence electrons. The van der Waals surface area contributed by atoms with Gasteiger partial charge in [-0.1, -0.05) is 25.4 Å². The van der Waals surface area contributed by atoms with Gasteiger partial charge in [0.05, 0.1) is 29.3 Å². The molecule has 1 saturated heterocycles. The molecule has 0 radical (unpaired) electrons. The van der Waals surface area contributed by atoms with E-state index in [-0.39, 0.29) is 5.91 Å². The van der Waals surface area contributed by atoms with Crippen LogP contribution in [-0.4, -0.2) is 24.1 Å². The van der Waals surface area contributed by atoms with Gasteiger partial charge in [-0.3, -0.25) is 9.78 Å². The van der Waals surface area contributed by atoms with Crippen LogP contribution in [-0.2, 0) is 20.5 Å². The van der Waals surface area contributed by atoms with Crippen molar-refractivity contribution < 1.29 is 9.53 Å². The third-order valence-corrected chi connectivity index (χ3v) is 4.72. The predicted octanol–water partition coefficient (Wildman–Crippen LogP) is 2.15. The minimum absolute atomic E-state index is 0.0670. The summed E-state index contributed by atoms with van der Waals surface area (Å²) in [4.78, 5) is 17.1. The predicted molar refractivity (Wildman–Crippen MR) is 72.1 cm³/mol.